The van der Waals surface area contributed by atoms with Crippen molar-refractivity contribution in [1.29, 1.82) is 0 Å². The van der Waals surface area contributed by atoms with Crippen molar-refractivity contribution in [2.24, 2.45) is 0 Å². The lowest BCUT2D eigenvalue weighted by Crippen LogP contribution is -2.06. The summed E-state index contributed by atoms with van der Waals surface area (Å²) in [6.45, 7) is 0. The summed E-state index contributed by atoms with van der Waals surface area (Å²) in [5.41, 5.74) is 2.57. The molecule has 4 rings (SSSR count). The van der Waals surface area contributed by atoms with Crippen LogP contribution in [-0.2, 0) is 4.79 Å². The van der Waals surface area contributed by atoms with Gasteiger partial charge in [-0.1, -0.05) is 30.3 Å². The van der Waals surface area contributed by atoms with Crippen LogP contribution >= 0.6 is 0 Å². The van der Waals surface area contributed by atoms with Crippen LogP contribution in [0.4, 0.5) is 0 Å². The standard InChI is InChI=1S/C20H11N2O2/c23-12-13-5-8-17-15(11-13)7-10-19(22-17)20(24)18-9-6-14-3-1-2-4-16(14)21-18/h1-11H. The Bertz CT molecular complexity index is 1100. The molecule has 0 N–H and O–H groups in total. The van der Waals surface area contributed by atoms with Crippen LogP contribution in [0.5, 0.6) is 0 Å². The molecule has 24 heavy (non-hydrogen) atoms. The number of ketones is 1. The summed E-state index contributed by atoms with van der Waals surface area (Å²) in [6.07, 6.45) is 1.84. The predicted octanol–water partition coefficient (Wildman–Crippen LogP) is 3.47. The topological polar surface area (TPSA) is 59.9 Å². The highest BCUT2D eigenvalue weighted by molar-refractivity contribution is 6.08. The summed E-state index contributed by atoms with van der Waals surface area (Å²) in [5, 5.41) is 1.78. The van der Waals surface area contributed by atoms with E-state index in [0.29, 0.717) is 22.5 Å². The number of hydrogen-bond acceptors (Lipinski definition) is 4. The molecule has 2 aromatic heterocycles. The molecule has 0 unspecified atom stereocenters. The Morgan fingerprint density at radius 2 is 1.42 bits per heavy atom. The van der Waals surface area contributed by atoms with E-state index in [1.54, 1.807) is 36.4 Å². The van der Waals surface area contributed by atoms with Gasteiger partial charge in [0.05, 0.1) is 11.0 Å². The normalized spacial score (nSPS) is 10.8. The molecule has 4 heteroatoms. The van der Waals surface area contributed by atoms with E-state index in [1.807, 2.05) is 36.6 Å². The van der Waals surface area contributed by atoms with Gasteiger partial charge in [-0.3, -0.25) is 9.59 Å². The average Bonchev–Trinajstić information content (AvgIpc) is 2.66. The minimum atomic E-state index is -0.228. The van der Waals surface area contributed by atoms with Crippen LogP contribution in [0.3, 0.4) is 0 Å². The second-order valence-corrected chi connectivity index (χ2v) is 5.42. The molecule has 0 saturated heterocycles. The number of aromatic nitrogens is 2. The lowest BCUT2D eigenvalue weighted by Gasteiger charge is -2.04. The SMILES string of the molecule is O=[C]c1ccc2nc(C(=O)c3ccc4ccccc4n3)ccc2c1. The monoisotopic (exact) mass is 311 g/mol. The first-order chi connectivity index (χ1) is 11.7. The van der Waals surface area contributed by atoms with Gasteiger partial charge in [0, 0.05) is 16.3 Å². The van der Waals surface area contributed by atoms with E-state index in [2.05, 4.69) is 9.97 Å². The third-order valence-corrected chi connectivity index (χ3v) is 3.87. The Labute approximate surface area is 137 Å². The average molecular weight is 311 g/mol. The Kier molecular flexibility index (Phi) is 3.35. The molecule has 0 fully saturated rings. The van der Waals surface area contributed by atoms with Gasteiger partial charge >= 0.3 is 0 Å². The Balaban J connectivity index is 1.77. The molecular formula is C20H11N2O2. The molecule has 0 spiro atoms. The third-order valence-electron chi connectivity index (χ3n) is 3.87. The smallest absolute Gasteiger partial charge is 0.233 e. The number of fused-ring (bicyclic) bond motifs is 2. The fourth-order valence-electron chi connectivity index (χ4n) is 2.64. The zero-order chi connectivity index (χ0) is 16.5. The second-order valence-electron chi connectivity index (χ2n) is 5.42. The molecule has 2 aromatic carbocycles. The molecule has 0 bridgehead atoms. The van der Waals surface area contributed by atoms with Crippen molar-refractivity contribution in [3.05, 3.63) is 83.7 Å². The van der Waals surface area contributed by atoms with E-state index in [4.69, 9.17) is 0 Å². The maximum absolute atomic E-state index is 12.7. The van der Waals surface area contributed by atoms with Gasteiger partial charge in [-0.05, 0) is 36.4 Å². The fraction of sp³-hybridized carbons (Fsp3) is 0. The second kappa shape index (κ2) is 5.66. The van der Waals surface area contributed by atoms with Crippen molar-refractivity contribution in [2.45, 2.75) is 0 Å². The first-order valence-corrected chi connectivity index (χ1v) is 7.44. The molecule has 4 nitrogen and oxygen atoms in total. The summed E-state index contributed by atoms with van der Waals surface area (Å²) >= 11 is 0. The van der Waals surface area contributed by atoms with Crippen LogP contribution in [0.2, 0.25) is 0 Å². The van der Waals surface area contributed by atoms with E-state index in [0.717, 1.165) is 16.3 Å². The molecular weight excluding hydrogens is 300 g/mol. The summed E-state index contributed by atoms with van der Waals surface area (Å²) in [7, 11) is 0. The van der Waals surface area contributed by atoms with Crippen LogP contribution in [0.25, 0.3) is 21.8 Å². The van der Waals surface area contributed by atoms with Gasteiger partial charge in [0.15, 0.2) is 0 Å². The van der Waals surface area contributed by atoms with Crippen molar-refractivity contribution in [3.63, 3.8) is 0 Å². The van der Waals surface area contributed by atoms with Crippen molar-refractivity contribution in [3.8, 4) is 0 Å². The van der Waals surface area contributed by atoms with Gasteiger partial charge in [0.25, 0.3) is 0 Å². The number of benzene rings is 2. The number of nitrogens with zero attached hydrogens (tertiary/aromatic N) is 2. The Hall–Kier alpha value is -3.40. The highest BCUT2D eigenvalue weighted by Crippen LogP contribution is 2.17. The van der Waals surface area contributed by atoms with Crippen molar-refractivity contribution in [2.75, 3.05) is 0 Å². The van der Waals surface area contributed by atoms with E-state index < -0.39 is 0 Å². The van der Waals surface area contributed by atoms with Crippen molar-refractivity contribution >= 4 is 33.9 Å². The van der Waals surface area contributed by atoms with Crippen molar-refractivity contribution < 1.29 is 9.59 Å². The third kappa shape index (κ3) is 2.44. The van der Waals surface area contributed by atoms with Crippen LogP contribution in [-0.4, -0.2) is 22.0 Å². The largest absolute Gasteiger partial charge is 0.285 e. The molecule has 113 valence electrons. The van der Waals surface area contributed by atoms with Crippen LogP contribution < -0.4 is 0 Å². The van der Waals surface area contributed by atoms with Gasteiger partial charge in [0.2, 0.25) is 12.1 Å². The summed E-state index contributed by atoms with van der Waals surface area (Å²) in [5.74, 6) is -0.228. The Morgan fingerprint density at radius 1 is 0.750 bits per heavy atom. The lowest BCUT2D eigenvalue weighted by atomic mass is 10.1. The highest BCUT2D eigenvalue weighted by atomic mass is 16.1. The predicted molar refractivity (Wildman–Crippen MR) is 91.7 cm³/mol. The van der Waals surface area contributed by atoms with E-state index in [-0.39, 0.29) is 5.78 Å². The van der Waals surface area contributed by atoms with E-state index in [9.17, 15) is 9.59 Å². The molecule has 0 aliphatic heterocycles. The minimum Gasteiger partial charge on any atom is -0.285 e. The molecule has 0 saturated carbocycles. The minimum absolute atomic E-state index is 0.228. The number of pyridine rings is 2. The zero-order valence-electron chi connectivity index (χ0n) is 12.6. The number of para-hydroxylation sites is 1. The maximum atomic E-state index is 12.7. The Morgan fingerprint density at radius 3 is 2.17 bits per heavy atom. The van der Waals surface area contributed by atoms with Gasteiger partial charge in [-0.15, -0.1) is 0 Å². The maximum Gasteiger partial charge on any atom is 0.233 e. The van der Waals surface area contributed by atoms with Gasteiger partial charge in [0.1, 0.15) is 11.4 Å². The first-order valence-electron chi connectivity index (χ1n) is 7.44. The molecule has 1 radical (unpaired) electrons. The van der Waals surface area contributed by atoms with Gasteiger partial charge in [-0.2, -0.15) is 0 Å². The van der Waals surface area contributed by atoms with E-state index in [1.165, 1.54) is 0 Å². The molecule has 4 aromatic rings. The van der Waals surface area contributed by atoms with Crippen LogP contribution in [0.1, 0.15) is 21.7 Å². The molecule has 0 atom stereocenters. The lowest BCUT2D eigenvalue weighted by molar-refractivity contribution is 0.103. The number of hydrogen-bond donors (Lipinski definition) is 0. The van der Waals surface area contributed by atoms with Gasteiger partial charge < -0.3 is 0 Å². The van der Waals surface area contributed by atoms with Gasteiger partial charge in [-0.25, -0.2) is 9.97 Å². The molecule has 2 heterocycles. The van der Waals surface area contributed by atoms with Crippen molar-refractivity contribution in [1.82, 2.24) is 9.97 Å². The molecule has 0 aliphatic rings. The highest BCUT2D eigenvalue weighted by Gasteiger charge is 2.13. The summed E-state index contributed by atoms with van der Waals surface area (Å²) in [6, 6.07) is 19.7. The first kappa shape index (κ1) is 14.2. The number of carbonyl (C=O) groups excluding carboxylic acids is 2. The van der Waals surface area contributed by atoms with Crippen LogP contribution in [0, 0.1) is 0 Å². The number of carbonyl (C=O) groups is 1. The van der Waals surface area contributed by atoms with Crippen LogP contribution in [0.15, 0.2) is 66.7 Å². The fourth-order valence-corrected chi connectivity index (χ4v) is 2.64. The zero-order valence-corrected chi connectivity index (χ0v) is 12.6. The summed E-state index contributed by atoms with van der Waals surface area (Å²) in [4.78, 5) is 32.2. The number of rotatable bonds is 3. The molecule has 0 aliphatic carbocycles. The molecule has 0 amide bonds. The van der Waals surface area contributed by atoms with E-state index >= 15 is 0 Å². The quantitative estimate of drug-likeness (QED) is 0.544. The summed E-state index contributed by atoms with van der Waals surface area (Å²) < 4.78 is 0.